The number of likely N-dealkylation sites (tertiary alicyclic amines) is 1. The fourth-order valence-corrected chi connectivity index (χ4v) is 4.85. The zero-order valence-electron chi connectivity index (χ0n) is 15.7. The maximum Gasteiger partial charge on any atom is 0.270 e. The smallest absolute Gasteiger partial charge is 0.270 e. The van der Waals surface area contributed by atoms with Crippen LogP contribution in [0.1, 0.15) is 22.5 Å². The van der Waals surface area contributed by atoms with Crippen molar-refractivity contribution in [2.45, 2.75) is 11.8 Å². The Morgan fingerprint density at radius 2 is 1.86 bits per heavy atom. The summed E-state index contributed by atoms with van der Waals surface area (Å²) in [5.74, 6) is 1.20. The number of fused-ring (bicyclic) bond motifs is 1. The fraction of sp³-hybridized carbons (Fsp3) is 0.318. The molecule has 0 saturated carbocycles. The van der Waals surface area contributed by atoms with Crippen LogP contribution >= 0.6 is 0 Å². The summed E-state index contributed by atoms with van der Waals surface area (Å²) in [6.45, 7) is 3.24. The van der Waals surface area contributed by atoms with Crippen molar-refractivity contribution < 1.29 is 4.79 Å². The van der Waals surface area contributed by atoms with Crippen LogP contribution in [0.3, 0.4) is 0 Å². The Hall–Kier alpha value is -3.15. The number of aromatic nitrogens is 3. The van der Waals surface area contributed by atoms with Crippen molar-refractivity contribution in [2.75, 3.05) is 31.1 Å². The first-order chi connectivity index (χ1) is 13.8. The third kappa shape index (κ3) is 2.76. The quantitative estimate of drug-likeness (QED) is 0.767. The summed E-state index contributed by atoms with van der Waals surface area (Å²) < 4.78 is 0. The van der Waals surface area contributed by atoms with Gasteiger partial charge in [-0.15, -0.1) is 0 Å². The van der Waals surface area contributed by atoms with Gasteiger partial charge >= 0.3 is 0 Å². The molecule has 2 aliphatic rings. The van der Waals surface area contributed by atoms with E-state index in [-0.39, 0.29) is 11.3 Å². The van der Waals surface area contributed by atoms with Gasteiger partial charge in [0.1, 0.15) is 5.69 Å². The summed E-state index contributed by atoms with van der Waals surface area (Å²) in [6, 6.07) is 16.3. The highest BCUT2D eigenvalue weighted by atomic mass is 16.2. The maximum absolute atomic E-state index is 12.9. The van der Waals surface area contributed by atoms with Crippen molar-refractivity contribution in [1.82, 2.24) is 19.9 Å². The average Bonchev–Trinajstić information content (AvgIpc) is 3.43. The maximum atomic E-state index is 12.9. The molecular weight excluding hydrogens is 350 g/mol. The van der Waals surface area contributed by atoms with Crippen LogP contribution in [0.4, 0.5) is 5.95 Å². The molecule has 0 bridgehead atoms. The molecule has 5 rings (SSSR count). The zero-order valence-corrected chi connectivity index (χ0v) is 15.7. The second kappa shape index (κ2) is 6.78. The van der Waals surface area contributed by atoms with Crippen LogP contribution in [0.15, 0.2) is 67.1 Å². The van der Waals surface area contributed by atoms with Crippen LogP contribution in [-0.4, -0.2) is 51.9 Å². The minimum absolute atomic E-state index is 0.0208. The number of carbonyl (C=O) groups is 1. The molecule has 2 aromatic heterocycles. The molecule has 6 nitrogen and oxygen atoms in total. The highest BCUT2D eigenvalue weighted by Gasteiger charge is 2.51. The molecule has 1 aromatic carbocycles. The molecule has 6 heteroatoms. The van der Waals surface area contributed by atoms with Gasteiger partial charge in [0.25, 0.3) is 5.91 Å². The van der Waals surface area contributed by atoms with Gasteiger partial charge in [0, 0.05) is 56.1 Å². The number of anilines is 1. The van der Waals surface area contributed by atoms with E-state index in [9.17, 15) is 4.79 Å². The third-order valence-electron chi connectivity index (χ3n) is 6.26. The zero-order chi connectivity index (χ0) is 19.0. The molecule has 4 heterocycles. The van der Waals surface area contributed by atoms with Crippen LogP contribution in [0, 0.1) is 5.92 Å². The van der Waals surface area contributed by atoms with Crippen molar-refractivity contribution >= 4 is 11.9 Å². The summed E-state index contributed by atoms with van der Waals surface area (Å²) in [4.78, 5) is 29.2. The lowest BCUT2D eigenvalue weighted by atomic mass is 9.68. The van der Waals surface area contributed by atoms with E-state index in [1.165, 1.54) is 5.56 Å². The van der Waals surface area contributed by atoms with Gasteiger partial charge in [-0.2, -0.15) is 0 Å². The number of aromatic amines is 1. The number of nitrogens with zero attached hydrogens (tertiary/aromatic N) is 4. The van der Waals surface area contributed by atoms with E-state index in [2.05, 4.69) is 50.2 Å². The van der Waals surface area contributed by atoms with Crippen LogP contribution in [0.5, 0.6) is 0 Å². The number of benzene rings is 1. The third-order valence-corrected chi connectivity index (χ3v) is 6.26. The van der Waals surface area contributed by atoms with Crippen molar-refractivity contribution in [3.8, 4) is 0 Å². The first kappa shape index (κ1) is 17.0. The van der Waals surface area contributed by atoms with Crippen LogP contribution < -0.4 is 4.90 Å². The SMILES string of the molecule is O=C(c1ccc[nH]1)N1CC[C@@]2(c3ccccc3)CN(c3ncccn3)C[C@@H]2C1. The van der Waals surface area contributed by atoms with Crippen LogP contribution in [0.25, 0.3) is 0 Å². The number of H-pyrrole nitrogens is 1. The number of hydrogen-bond acceptors (Lipinski definition) is 4. The number of nitrogens with one attached hydrogen (secondary N) is 1. The molecule has 2 aliphatic heterocycles. The summed E-state index contributed by atoms with van der Waals surface area (Å²) >= 11 is 0. The molecule has 3 aromatic rings. The van der Waals surface area contributed by atoms with Gasteiger partial charge in [0.2, 0.25) is 5.95 Å². The summed E-state index contributed by atoms with van der Waals surface area (Å²) in [5.41, 5.74) is 2.03. The van der Waals surface area contributed by atoms with E-state index in [0.29, 0.717) is 11.6 Å². The lowest BCUT2D eigenvalue weighted by Crippen LogP contribution is -2.51. The number of amides is 1. The Kier molecular flexibility index (Phi) is 4.11. The van der Waals surface area contributed by atoms with Gasteiger partial charge in [-0.25, -0.2) is 9.97 Å². The van der Waals surface area contributed by atoms with E-state index in [0.717, 1.165) is 38.5 Å². The Morgan fingerprint density at radius 3 is 2.61 bits per heavy atom. The molecule has 2 atom stereocenters. The van der Waals surface area contributed by atoms with Crippen molar-refractivity contribution in [3.05, 3.63) is 78.4 Å². The normalized spacial score (nSPS) is 24.2. The highest BCUT2D eigenvalue weighted by molar-refractivity contribution is 5.92. The Morgan fingerprint density at radius 1 is 1.04 bits per heavy atom. The molecule has 28 heavy (non-hydrogen) atoms. The molecule has 1 N–H and O–H groups in total. The number of piperidine rings is 1. The molecule has 0 aliphatic carbocycles. The molecule has 0 spiro atoms. The molecule has 2 fully saturated rings. The standard InChI is InChI=1S/C22H23N5O/c28-20(19-8-4-10-23-19)26-13-9-22(17-6-2-1-3-7-17)16-27(15-18(22)14-26)21-24-11-5-12-25-21/h1-8,10-12,18,23H,9,13-16H2/t18-,22-/m0/s1. The second-order valence-corrected chi connectivity index (χ2v) is 7.73. The Bertz CT molecular complexity index is 944. The summed E-state index contributed by atoms with van der Waals surface area (Å²) in [7, 11) is 0. The first-order valence-electron chi connectivity index (χ1n) is 9.76. The Labute approximate surface area is 164 Å². The predicted molar refractivity (Wildman–Crippen MR) is 107 cm³/mol. The van der Waals surface area contributed by atoms with E-state index < -0.39 is 0 Å². The van der Waals surface area contributed by atoms with Crippen LogP contribution in [-0.2, 0) is 5.41 Å². The fourth-order valence-electron chi connectivity index (χ4n) is 4.85. The number of hydrogen-bond donors (Lipinski definition) is 1. The van der Waals surface area contributed by atoms with Gasteiger partial charge in [-0.3, -0.25) is 4.79 Å². The average molecular weight is 373 g/mol. The highest BCUT2D eigenvalue weighted by Crippen LogP contribution is 2.46. The number of rotatable bonds is 3. The lowest BCUT2D eigenvalue weighted by Gasteiger charge is -2.43. The minimum atomic E-state index is 0.0208. The monoisotopic (exact) mass is 373 g/mol. The van der Waals surface area contributed by atoms with Crippen molar-refractivity contribution in [3.63, 3.8) is 0 Å². The van der Waals surface area contributed by atoms with Gasteiger partial charge in [-0.1, -0.05) is 30.3 Å². The molecule has 0 radical (unpaired) electrons. The van der Waals surface area contributed by atoms with E-state index in [1.54, 1.807) is 18.6 Å². The van der Waals surface area contributed by atoms with Crippen molar-refractivity contribution in [1.29, 1.82) is 0 Å². The number of carbonyl (C=O) groups excluding carboxylic acids is 1. The first-order valence-corrected chi connectivity index (χ1v) is 9.76. The van der Waals surface area contributed by atoms with E-state index in [1.807, 2.05) is 23.1 Å². The molecule has 1 amide bonds. The largest absolute Gasteiger partial charge is 0.357 e. The topological polar surface area (TPSA) is 65.1 Å². The van der Waals surface area contributed by atoms with E-state index in [4.69, 9.17) is 0 Å². The lowest BCUT2D eigenvalue weighted by molar-refractivity contribution is 0.0597. The minimum Gasteiger partial charge on any atom is -0.357 e. The van der Waals surface area contributed by atoms with E-state index >= 15 is 0 Å². The second-order valence-electron chi connectivity index (χ2n) is 7.73. The van der Waals surface area contributed by atoms with Gasteiger partial charge in [-0.05, 0) is 30.2 Å². The molecule has 0 unspecified atom stereocenters. The summed E-state index contributed by atoms with van der Waals surface area (Å²) in [6.07, 6.45) is 6.33. The van der Waals surface area contributed by atoms with Crippen molar-refractivity contribution in [2.24, 2.45) is 5.92 Å². The predicted octanol–water partition coefficient (Wildman–Crippen LogP) is 2.73. The molecular formula is C22H23N5O. The van der Waals surface area contributed by atoms with Gasteiger partial charge in [0.05, 0.1) is 0 Å². The van der Waals surface area contributed by atoms with Gasteiger partial charge in [0.15, 0.2) is 0 Å². The Balaban J connectivity index is 1.47. The summed E-state index contributed by atoms with van der Waals surface area (Å²) in [5, 5.41) is 0. The van der Waals surface area contributed by atoms with Crippen LogP contribution in [0.2, 0.25) is 0 Å². The van der Waals surface area contributed by atoms with Gasteiger partial charge < -0.3 is 14.8 Å². The molecule has 2 saturated heterocycles. The molecule has 142 valence electrons.